The number of piperidine rings is 1. The predicted molar refractivity (Wildman–Crippen MR) is 178 cm³/mol. The highest BCUT2D eigenvalue weighted by Gasteiger charge is 2.40. The van der Waals surface area contributed by atoms with Crippen molar-refractivity contribution in [1.29, 1.82) is 5.26 Å². The molecule has 9 heteroatoms. The van der Waals surface area contributed by atoms with Gasteiger partial charge in [-0.25, -0.2) is 0 Å². The van der Waals surface area contributed by atoms with Crippen LogP contribution in [0.3, 0.4) is 0 Å². The van der Waals surface area contributed by atoms with Crippen molar-refractivity contribution in [2.75, 3.05) is 36.4 Å². The van der Waals surface area contributed by atoms with Crippen LogP contribution in [-0.2, 0) is 28.0 Å². The zero-order chi connectivity index (χ0) is 32.2. The van der Waals surface area contributed by atoms with Gasteiger partial charge in [0, 0.05) is 78.1 Å². The van der Waals surface area contributed by atoms with Crippen molar-refractivity contribution in [2.45, 2.75) is 58.0 Å². The van der Waals surface area contributed by atoms with Crippen molar-refractivity contribution in [3.63, 3.8) is 0 Å². The van der Waals surface area contributed by atoms with Crippen LogP contribution < -0.4 is 15.5 Å². The Morgan fingerprint density at radius 1 is 1.00 bits per heavy atom. The Balaban J connectivity index is 1.11. The highest BCUT2D eigenvalue weighted by Crippen LogP contribution is 2.46. The number of fused-ring (bicyclic) bond motifs is 4. The number of H-pyrrole nitrogens is 1. The summed E-state index contributed by atoms with van der Waals surface area (Å²) in [6.45, 7) is 10.7. The first kappa shape index (κ1) is 29.8. The van der Waals surface area contributed by atoms with Gasteiger partial charge in [0.2, 0.25) is 11.8 Å². The molecule has 46 heavy (non-hydrogen) atoms. The van der Waals surface area contributed by atoms with Gasteiger partial charge in [0.1, 0.15) is 6.04 Å². The van der Waals surface area contributed by atoms with Crippen molar-refractivity contribution in [2.24, 2.45) is 0 Å². The SMILES string of the molecule is CCc1cc2c(cc1N1CCN(Cc3ccccc3NC3CCC(=O)NC3=O)CC1)C(C)(C)c1[nH]c3cc(C#N)ccc3c1C2=O. The van der Waals surface area contributed by atoms with E-state index in [2.05, 4.69) is 70.5 Å². The molecule has 1 atom stereocenters. The summed E-state index contributed by atoms with van der Waals surface area (Å²) in [7, 11) is 0. The van der Waals surface area contributed by atoms with Crippen molar-refractivity contribution in [3.05, 3.63) is 93.7 Å². The minimum atomic E-state index is -0.424. The third kappa shape index (κ3) is 5.03. The topological polar surface area (TPSA) is 121 Å². The highest BCUT2D eigenvalue weighted by molar-refractivity contribution is 6.20. The van der Waals surface area contributed by atoms with Crippen LogP contribution in [0.15, 0.2) is 54.6 Å². The number of carbonyl (C=O) groups excluding carboxylic acids is 3. The number of para-hydroxylation sites is 1. The molecular formula is C37H38N6O3. The summed E-state index contributed by atoms with van der Waals surface area (Å²) < 4.78 is 0. The molecule has 2 aliphatic heterocycles. The smallest absolute Gasteiger partial charge is 0.249 e. The van der Waals surface area contributed by atoms with Crippen molar-refractivity contribution >= 4 is 39.9 Å². The molecule has 4 aromatic rings. The average molecular weight is 615 g/mol. The van der Waals surface area contributed by atoms with Gasteiger partial charge in [-0.1, -0.05) is 45.0 Å². The molecule has 3 aliphatic rings. The number of nitrogens with zero attached hydrogens (tertiary/aromatic N) is 3. The predicted octanol–water partition coefficient (Wildman–Crippen LogP) is 5.01. The molecule has 2 fully saturated rings. The zero-order valence-corrected chi connectivity index (χ0v) is 26.5. The van der Waals surface area contributed by atoms with Crippen LogP contribution in [0.2, 0.25) is 0 Å². The first-order chi connectivity index (χ1) is 22.2. The summed E-state index contributed by atoms with van der Waals surface area (Å²) in [6, 6.07) is 19.7. The molecule has 9 nitrogen and oxygen atoms in total. The second-order valence-electron chi connectivity index (χ2n) is 13.1. The molecule has 1 unspecified atom stereocenters. The number of aromatic amines is 1. The Labute approximate surface area is 268 Å². The number of nitrogens with one attached hydrogen (secondary N) is 3. The lowest BCUT2D eigenvalue weighted by Crippen LogP contribution is -2.48. The molecule has 2 amide bonds. The van der Waals surface area contributed by atoms with Gasteiger partial charge in [0.05, 0.1) is 17.2 Å². The van der Waals surface area contributed by atoms with Crippen LogP contribution in [0.1, 0.15) is 77.5 Å². The van der Waals surface area contributed by atoms with Crippen molar-refractivity contribution in [1.82, 2.24) is 15.2 Å². The van der Waals surface area contributed by atoms with Crippen LogP contribution in [0.4, 0.5) is 11.4 Å². The summed E-state index contributed by atoms with van der Waals surface area (Å²) in [5.74, 6) is -0.446. The number of benzene rings is 3. The maximum absolute atomic E-state index is 14.0. The van der Waals surface area contributed by atoms with Gasteiger partial charge < -0.3 is 15.2 Å². The number of ketones is 1. The fourth-order valence-electron chi connectivity index (χ4n) is 7.36. The summed E-state index contributed by atoms with van der Waals surface area (Å²) >= 11 is 0. The van der Waals surface area contributed by atoms with E-state index in [0.717, 1.165) is 78.1 Å². The van der Waals surface area contributed by atoms with E-state index in [1.54, 1.807) is 6.07 Å². The number of anilines is 2. The molecule has 3 aromatic carbocycles. The van der Waals surface area contributed by atoms with E-state index in [0.29, 0.717) is 24.0 Å². The van der Waals surface area contributed by atoms with E-state index in [-0.39, 0.29) is 17.6 Å². The number of piperazine rings is 1. The van der Waals surface area contributed by atoms with Crippen molar-refractivity contribution in [3.8, 4) is 6.07 Å². The Kier molecular flexibility index (Phi) is 7.41. The monoisotopic (exact) mass is 614 g/mol. The van der Waals surface area contributed by atoms with Gasteiger partial charge in [-0.3, -0.25) is 24.6 Å². The molecule has 0 bridgehead atoms. The van der Waals surface area contributed by atoms with Gasteiger partial charge in [-0.2, -0.15) is 5.26 Å². The quantitative estimate of drug-likeness (QED) is 0.261. The Morgan fingerprint density at radius 2 is 1.78 bits per heavy atom. The molecule has 234 valence electrons. The zero-order valence-electron chi connectivity index (χ0n) is 26.5. The lowest BCUT2D eigenvalue weighted by atomic mass is 9.70. The van der Waals surface area contributed by atoms with Crippen LogP contribution in [0, 0.1) is 11.3 Å². The second-order valence-corrected chi connectivity index (χ2v) is 13.1. The summed E-state index contributed by atoms with van der Waals surface area (Å²) in [5, 5.41) is 16.1. The van der Waals surface area contributed by atoms with Gasteiger partial charge in [0.25, 0.3) is 0 Å². The normalized spacial score (nSPS) is 19.4. The van der Waals surface area contributed by atoms with Gasteiger partial charge >= 0.3 is 0 Å². The number of carbonyl (C=O) groups is 3. The Morgan fingerprint density at radius 3 is 2.52 bits per heavy atom. The largest absolute Gasteiger partial charge is 0.373 e. The van der Waals surface area contributed by atoms with E-state index in [4.69, 9.17) is 0 Å². The van der Waals surface area contributed by atoms with Gasteiger partial charge in [-0.15, -0.1) is 0 Å². The Hall–Kier alpha value is -4.94. The first-order valence-corrected chi connectivity index (χ1v) is 16.1. The molecule has 7 rings (SSSR count). The third-order valence-electron chi connectivity index (χ3n) is 9.99. The van der Waals surface area contributed by atoms with E-state index in [1.165, 1.54) is 11.3 Å². The number of aryl methyl sites for hydroxylation is 1. The number of hydrogen-bond acceptors (Lipinski definition) is 7. The lowest BCUT2D eigenvalue weighted by Gasteiger charge is -2.39. The standard InChI is InChI=1S/C37H38N6O3/c1-4-23-18-26-27(37(2,3)35-33(34(26)45)25-10-9-22(20-38)17-30(25)40-35)19-31(23)43-15-13-42(14-16-43)21-24-7-5-6-8-28(24)39-29-11-12-32(44)41-36(29)46/h5-10,17-19,29,39-40H,4,11-16,21H2,1-3H3,(H,41,44,46). The molecule has 3 N–H and O–H groups in total. The van der Waals surface area contributed by atoms with Crippen LogP contribution >= 0.6 is 0 Å². The van der Waals surface area contributed by atoms with Crippen molar-refractivity contribution < 1.29 is 14.4 Å². The number of hydrogen-bond donors (Lipinski definition) is 3. The molecular weight excluding hydrogens is 576 g/mol. The fourth-order valence-corrected chi connectivity index (χ4v) is 7.36. The van der Waals surface area contributed by atoms with E-state index >= 15 is 0 Å². The molecule has 1 aliphatic carbocycles. The third-order valence-corrected chi connectivity index (χ3v) is 9.99. The molecule has 2 saturated heterocycles. The van der Waals surface area contributed by atoms with E-state index < -0.39 is 11.5 Å². The molecule has 3 heterocycles. The van der Waals surface area contributed by atoms with Gasteiger partial charge in [-0.05, 0) is 59.9 Å². The molecule has 0 radical (unpaired) electrons. The number of amides is 2. The van der Waals surface area contributed by atoms with Crippen LogP contribution in [0.25, 0.3) is 10.9 Å². The van der Waals surface area contributed by atoms with E-state index in [1.807, 2.05) is 30.3 Å². The number of nitriles is 1. The van der Waals surface area contributed by atoms with Gasteiger partial charge in [0.15, 0.2) is 5.78 Å². The number of rotatable bonds is 6. The summed E-state index contributed by atoms with van der Waals surface area (Å²) in [6.07, 6.45) is 1.65. The minimum Gasteiger partial charge on any atom is -0.373 e. The first-order valence-electron chi connectivity index (χ1n) is 16.1. The van der Waals surface area contributed by atoms with Crippen LogP contribution in [0.5, 0.6) is 0 Å². The maximum atomic E-state index is 14.0. The summed E-state index contributed by atoms with van der Waals surface area (Å²) in [4.78, 5) is 46.4. The maximum Gasteiger partial charge on any atom is 0.249 e. The average Bonchev–Trinajstić information content (AvgIpc) is 3.46. The number of aromatic nitrogens is 1. The second kappa shape index (κ2) is 11.5. The lowest BCUT2D eigenvalue weighted by molar-refractivity contribution is -0.133. The van der Waals surface area contributed by atoms with E-state index in [9.17, 15) is 19.6 Å². The molecule has 0 spiro atoms. The molecule has 0 saturated carbocycles. The Bertz CT molecular complexity index is 1940. The fraction of sp³-hybridized carbons (Fsp3) is 0.351. The summed E-state index contributed by atoms with van der Waals surface area (Å²) in [5.41, 5.74) is 8.78. The highest BCUT2D eigenvalue weighted by atomic mass is 16.2. The molecule has 1 aromatic heterocycles. The van der Waals surface area contributed by atoms with Crippen LogP contribution in [-0.4, -0.2) is 59.7 Å². The minimum absolute atomic E-state index is 0.0379. The number of imide groups is 1.